The van der Waals surface area contributed by atoms with E-state index in [4.69, 9.17) is 18.9 Å². The summed E-state index contributed by atoms with van der Waals surface area (Å²) < 4.78 is 20.7. The molecule has 9 nitrogen and oxygen atoms in total. The van der Waals surface area contributed by atoms with Gasteiger partial charge in [-0.1, -0.05) is 13.8 Å². The average molecular weight is 396 g/mol. The molecule has 0 fully saturated rings. The van der Waals surface area contributed by atoms with Crippen molar-refractivity contribution in [3.05, 3.63) is 17.7 Å². The maximum atomic E-state index is 11.9. The predicted octanol–water partition coefficient (Wildman–Crippen LogP) is 1.67. The average Bonchev–Trinajstić information content (AvgIpc) is 2.68. The number of hydrogen-bond acceptors (Lipinski definition) is 7. The summed E-state index contributed by atoms with van der Waals surface area (Å²) in [5.74, 6) is 0.431. The third-order valence-electron chi connectivity index (χ3n) is 3.63. The number of aryl methyl sites for hydroxylation is 1. The molecule has 0 aliphatic carbocycles. The molecule has 0 unspecified atom stereocenters. The lowest BCUT2D eigenvalue weighted by molar-refractivity contribution is -0.148. The molecule has 0 aromatic heterocycles. The summed E-state index contributed by atoms with van der Waals surface area (Å²) in [4.78, 5) is 35.0. The van der Waals surface area contributed by atoms with Crippen molar-refractivity contribution in [1.29, 1.82) is 0 Å². The fourth-order valence-electron chi connectivity index (χ4n) is 2.25. The standard InChI is InChI=1S/C19H28N2O7/c1-12(2)10-20-19(24)21-16(22)11-28-17(23)7-6-13-8-14(25-3)18(27-5)15(9-13)26-4/h8-9,12H,6-7,10-11H2,1-5H3,(H2,20,21,22,24). The molecular formula is C19H28N2O7. The number of hydrogen-bond donors (Lipinski definition) is 2. The van der Waals surface area contributed by atoms with E-state index in [1.807, 2.05) is 13.8 Å². The lowest BCUT2D eigenvalue weighted by Crippen LogP contribution is -2.42. The fraction of sp³-hybridized carbons (Fsp3) is 0.526. The van der Waals surface area contributed by atoms with Gasteiger partial charge in [0.25, 0.3) is 5.91 Å². The van der Waals surface area contributed by atoms with E-state index in [-0.39, 0.29) is 12.3 Å². The summed E-state index contributed by atoms with van der Waals surface area (Å²) in [7, 11) is 4.52. The molecule has 0 heterocycles. The minimum Gasteiger partial charge on any atom is -0.493 e. The van der Waals surface area contributed by atoms with Gasteiger partial charge in [-0.25, -0.2) is 4.79 Å². The van der Waals surface area contributed by atoms with Gasteiger partial charge in [-0.05, 0) is 30.0 Å². The van der Waals surface area contributed by atoms with Gasteiger partial charge in [-0.15, -0.1) is 0 Å². The molecule has 3 amide bonds. The van der Waals surface area contributed by atoms with Crippen LogP contribution >= 0.6 is 0 Å². The van der Waals surface area contributed by atoms with Crippen LogP contribution in [-0.2, 0) is 20.7 Å². The molecule has 0 saturated heterocycles. The van der Waals surface area contributed by atoms with Crippen LogP contribution in [0.5, 0.6) is 17.2 Å². The molecule has 1 aromatic rings. The first-order valence-corrected chi connectivity index (χ1v) is 8.82. The Morgan fingerprint density at radius 1 is 1.00 bits per heavy atom. The normalized spacial score (nSPS) is 10.2. The van der Waals surface area contributed by atoms with E-state index in [1.165, 1.54) is 21.3 Å². The number of methoxy groups -OCH3 is 3. The summed E-state index contributed by atoms with van der Waals surface area (Å²) in [6.07, 6.45) is 0.400. The van der Waals surface area contributed by atoms with E-state index in [0.717, 1.165) is 5.56 Å². The summed E-state index contributed by atoms with van der Waals surface area (Å²) in [5.41, 5.74) is 0.781. The fourth-order valence-corrected chi connectivity index (χ4v) is 2.25. The zero-order chi connectivity index (χ0) is 21.1. The van der Waals surface area contributed by atoms with E-state index in [0.29, 0.717) is 30.2 Å². The minimum absolute atomic E-state index is 0.0471. The Morgan fingerprint density at radius 2 is 1.61 bits per heavy atom. The van der Waals surface area contributed by atoms with Crippen molar-refractivity contribution in [2.75, 3.05) is 34.5 Å². The second-order valence-corrected chi connectivity index (χ2v) is 6.35. The largest absolute Gasteiger partial charge is 0.493 e. The number of amides is 3. The Morgan fingerprint density at radius 3 is 2.11 bits per heavy atom. The highest BCUT2D eigenvalue weighted by Crippen LogP contribution is 2.38. The Kier molecular flexibility index (Phi) is 9.63. The van der Waals surface area contributed by atoms with Crippen molar-refractivity contribution in [2.24, 2.45) is 5.92 Å². The zero-order valence-electron chi connectivity index (χ0n) is 16.9. The molecule has 9 heteroatoms. The van der Waals surface area contributed by atoms with Crippen molar-refractivity contribution in [3.8, 4) is 17.2 Å². The number of carbonyl (C=O) groups is 3. The van der Waals surface area contributed by atoms with Crippen LogP contribution in [0.15, 0.2) is 12.1 Å². The molecule has 0 radical (unpaired) electrons. The molecule has 156 valence electrons. The van der Waals surface area contributed by atoms with Crippen LogP contribution in [-0.4, -0.2) is 52.4 Å². The lowest BCUT2D eigenvalue weighted by Gasteiger charge is -2.14. The van der Waals surface area contributed by atoms with Crippen molar-refractivity contribution < 1.29 is 33.3 Å². The Hall–Kier alpha value is -2.97. The van der Waals surface area contributed by atoms with Gasteiger partial charge < -0.3 is 24.3 Å². The molecule has 0 saturated carbocycles. The predicted molar refractivity (Wildman–Crippen MR) is 102 cm³/mol. The molecule has 2 N–H and O–H groups in total. The maximum absolute atomic E-state index is 11.9. The minimum atomic E-state index is -0.692. The first-order chi connectivity index (χ1) is 13.3. The van der Waals surface area contributed by atoms with Crippen molar-refractivity contribution >= 4 is 17.9 Å². The number of esters is 1. The number of benzene rings is 1. The molecule has 0 atom stereocenters. The van der Waals surface area contributed by atoms with Crippen LogP contribution in [0.3, 0.4) is 0 Å². The highest BCUT2D eigenvalue weighted by Gasteiger charge is 2.15. The summed E-state index contributed by atoms with van der Waals surface area (Å²) >= 11 is 0. The topological polar surface area (TPSA) is 112 Å². The van der Waals surface area contributed by atoms with Crippen molar-refractivity contribution in [3.63, 3.8) is 0 Å². The highest BCUT2D eigenvalue weighted by atomic mass is 16.5. The monoisotopic (exact) mass is 396 g/mol. The van der Waals surface area contributed by atoms with E-state index in [9.17, 15) is 14.4 Å². The van der Waals surface area contributed by atoms with Crippen LogP contribution < -0.4 is 24.8 Å². The van der Waals surface area contributed by atoms with Gasteiger partial charge in [0.2, 0.25) is 5.75 Å². The Bertz CT molecular complexity index is 664. The number of rotatable bonds is 10. The van der Waals surface area contributed by atoms with E-state index >= 15 is 0 Å². The van der Waals surface area contributed by atoms with Gasteiger partial charge in [-0.3, -0.25) is 14.9 Å². The summed E-state index contributed by atoms with van der Waals surface area (Å²) in [6, 6.07) is 2.85. The Balaban J connectivity index is 2.48. The van der Waals surface area contributed by atoms with Gasteiger partial charge in [0.1, 0.15) is 0 Å². The molecule has 0 bridgehead atoms. The van der Waals surface area contributed by atoms with Crippen molar-refractivity contribution in [2.45, 2.75) is 26.7 Å². The molecule has 0 aliphatic heterocycles. The number of ether oxygens (including phenoxy) is 4. The summed E-state index contributed by atoms with van der Waals surface area (Å²) in [5, 5.41) is 4.63. The summed E-state index contributed by atoms with van der Waals surface area (Å²) in [6.45, 7) is 3.77. The van der Waals surface area contributed by atoms with Gasteiger partial charge in [0.05, 0.1) is 21.3 Å². The van der Waals surface area contributed by atoms with Gasteiger partial charge >= 0.3 is 12.0 Å². The number of imide groups is 1. The molecule has 0 spiro atoms. The molecule has 1 rings (SSSR count). The SMILES string of the molecule is COc1cc(CCC(=O)OCC(=O)NC(=O)NCC(C)C)cc(OC)c1OC. The number of carbonyl (C=O) groups excluding carboxylic acids is 3. The van der Waals surface area contributed by atoms with Crippen molar-refractivity contribution in [1.82, 2.24) is 10.6 Å². The van der Waals surface area contributed by atoms with Gasteiger partial charge in [0.15, 0.2) is 18.1 Å². The van der Waals surface area contributed by atoms with E-state index < -0.39 is 24.5 Å². The zero-order valence-corrected chi connectivity index (χ0v) is 16.9. The first kappa shape index (κ1) is 23.1. The first-order valence-electron chi connectivity index (χ1n) is 8.82. The van der Waals surface area contributed by atoms with Crippen LogP contribution in [0, 0.1) is 5.92 Å². The molecular weight excluding hydrogens is 368 g/mol. The lowest BCUT2D eigenvalue weighted by atomic mass is 10.1. The third-order valence-corrected chi connectivity index (χ3v) is 3.63. The molecule has 1 aromatic carbocycles. The molecule has 0 aliphatic rings. The smallest absolute Gasteiger partial charge is 0.321 e. The second-order valence-electron chi connectivity index (χ2n) is 6.35. The third kappa shape index (κ3) is 7.73. The van der Waals surface area contributed by atoms with Crippen LogP contribution in [0.1, 0.15) is 25.8 Å². The Labute approximate surface area is 164 Å². The van der Waals surface area contributed by atoms with Crippen LogP contribution in [0.2, 0.25) is 0 Å². The number of urea groups is 1. The number of nitrogens with one attached hydrogen (secondary N) is 2. The van der Waals surface area contributed by atoms with Gasteiger partial charge in [0, 0.05) is 13.0 Å². The van der Waals surface area contributed by atoms with Crippen LogP contribution in [0.25, 0.3) is 0 Å². The highest BCUT2D eigenvalue weighted by molar-refractivity contribution is 5.95. The van der Waals surface area contributed by atoms with Crippen LogP contribution in [0.4, 0.5) is 4.79 Å². The quantitative estimate of drug-likeness (QED) is 0.579. The van der Waals surface area contributed by atoms with E-state index in [2.05, 4.69) is 10.6 Å². The van der Waals surface area contributed by atoms with Gasteiger partial charge in [-0.2, -0.15) is 0 Å². The van der Waals surface area contributed by atoms with E-state index in [1.54, 1.807) is 12.1 Å². The maximum Gasteiger partial charge on any atom is 0.321 e. The molecule has 28 heavy (non-hydrogen) atoms. The second kappa shape index (κ2) is 11.7.